The number of ether oxygens (including phenoxy) is 1. The molecule has 1 N–H and O–H groups in total. The largest absolute Gasteiger partial charge is 0.452 e. The average Bonchev–Trinajstić information content (AvgIpc) is 2.60. The standard InChI is InChI=1S/C18H21N3O4/c1-19-16(22)11-25-18(24)12-7-8-13-14(10-12)20-15-6-4-2-3-5-9-21(15)17(13)23/h7-8,10H,2-6,9,11H2,1H3,(H,19,22). The van der Waals surface area contributed by atoms with Gasteiger partial charge in [0, 0.05) is 20.0 Å². The van der Waals surface area contributed by atoms with Crippen LogP contribution in [0.1, 0.15) is 41.9 Å². The summed E-state index contributed by atoms with van der Waals surface area (Å²) < 4.78 is 6.70. The first-order chi connectivity index (χ1) is 12.1. The van der Waals surface area contributed by atoms with Gasteiger partial charge in [0.25, 0.3) is 11.5 Å². The van der Waals surface area contributed by atoms with Crippen molar-refractivity contribution in [1.29, 1.82) is 0 Å². The Labute approximate surface area is 145 Å². The molecule has 0 spiro atoms. The van der Waals surface area contributed by atoms with Gasteiger partial charge < -0.3 is 10.1 Å². The molecule has 25 heavy (non-hydrogen) atoms. The lowest BCUT2D eigenvalue weighted by atomic mass is 10.1. The molecule has 0 unspecified atom stereocenters. The third kappa shape index (κ3) is 3.70. The van der Waals surface area contributed by atoms with Gasteiger partial charge in [-0.3, -0.25) is 14.2 Å². The van der Waals surface area contributed by atoms with Crippen molar-refractivity contribution in [2.45, 2.75) is 38.6 Å². The number of benzene rings is 1. The SMILES string of the molecule is CNC(=O)COC(=O)c1ccc2c(=O)n3c(nc2c1)CCCCCC3. The number of aromatic nitrogens is 2. The van der Waals surface area contributed by atoms with Crippen LogP contribution < -0.4 is 10.9 Å². The molecule has 132 valence electrons. The third-order valence-corrected chi connectivity index (χ3v) is 4.42. The van der Waals surface area contributed by atoms with Crippen LogP contribution in [0.25, 0.3) is 10.9 Å². The van der Waals surface area contributed by atoms with E-state index in [4.69, 9.17) is 4.74 Å². The van der Waals surface area contributed by atoms with Gasteiger partial charge in [-0.05, 0) is 31.0 Å². The van der Waals surface area contributed by atoms with Crippen LogP contribution in [-0.2, 0) is 22.5 Å². The van der Waals surface area contributed by atoms with Crippen LogP contribution in [0.4, 0.5) is 0 Å². The minimum absolute atomic E-state index is 0.0628. The van der Waals surface area contributed by atoms with E-state index < -0.39 is 5.97 Å². The number of aryl methyl sites for hydroxylation is 1. The second-order valence-corrected chi connectivity index (χ2v) is 6.13. The van der Waals surface area contributed by atoms with E-state index in [1.54, 1.807) is 16.7 Å². The van der Waals surface area contributed by atoms with Gasteiger partial charge >= 0.3 is 5.97 Å². The summed E-state index contributed by atoms with van der Waals surface area (Å²) in [4.78, 5) is 40.6. The molecule has 0 saturated heterocycles. The van der Waals surface area contributed by atoms with E-state index in [0.29, 0.717) is 17.4 Å². The van der Waals surface area contributed by atoms with Crippen LogP contribution in [-0.4, -0.2) is 35.1 Å². The number of hydrogen-bond donors (Lipinski definition) is 1. The lowest BCUT2D eigenvalue weighted by Crippen LogP contribution is -2.27. The fourth-order valence-electron chi connectivity index (χ4n) is 3.01. The number of nitrogens with one attached hydrogen (secondary N) is 1. The van der Waals surface area contributed by atoms with E-state index in [1.165, 1.54) is 13.1 Å². The van der Waals surface area contributed by atoms with Gasteiger partial charge in [0.05, 0.1) is 16.5 Å². The van der Waals surface area contributed by atoms with Crippen LogP contribution in [0.3, 0.4) is 0 Å². The minimum atomic E-state index is -0.612. The number of esters is 1. The van der Waals surface area contributed by atoms with Gasteiger partial charge in [-0.25, -0.2) is 9.78 Å². The van der Waals surface area contributed by atoms with E-state index in [-0.39, 0.29) is 23.6 Å². The van der Waals surface area contributed by atoms with Crippen molar-refractivity contribution in [3.05, 3.63) is 39.9 Å². The molecule has 0 radical (unpaired) electrons. The highest BCUT2D eigenvalue weighted by Crippen LogP contribution is 2.16. The highest BCUT2D eigenvalue weighted by molar-refractivity contribution is 5.95. The second-order valence-electron chi connectivity index (χ2n) is 6.13. The summed E-state index contributed by atoms with van der Waals surface area (Å²) >= 11 is 0. The maximum atomic E-state index is 12.7. The zero-order valence-corrected chi connectivity index (χ0v) is 14.2. The van der Waals surface area contributed by atoms with Gasteiger partial charge in [0.1, 0.15) is 5.82 Å². The monoisotopic (exact) mass is 343 g/mol. The second kappa shape index (κ2) is 7.46. The molecule has 0 saturated carbocycles. The maximum absolute atomic E-state index is 12.7. The molecule has 2 aromatic rings. The smallest absolute Gasteiger partial charge is 0.338 e. The van der Waals surface area contributed by atoms with Crippen molar-refractivity contribution in [3.63, 3.8) is 0 Å². The molecule has 7 heteroatoms. The van der Waals surface area contributed by atoms with E-state index in [0.717, 1.165) is 37.9 Å². The molecule has 0 bridgehead atoms. The number of hydrogen-bond acceptors (Lipinski definition) is 5. The van der Waals surface area contributed by atoms with Crippen molar-refractivity contribution >= 4 is 22.8 Å². The van der Waals surface area contributed by atoms with Crippen molar-refractivity contribution < 1.29 is 14.3 Å². The highest BCUT2D eigenvalue weighted by Gasteiger charge is 2.15. The number of fused-ring (bicyclic) bond motifs is 2. The minimum Gasteiger partial charge on any atom is -0.452 e. The summed E-state index contributed by atoms with van der Waals surface area (Å²) in [5.74, 6) is -0.223. The van der Waals surface area contributed by atoms with Crippen molar-refractivity contribution in [2.24, 2.45) is 0 Å². The fraction of sp³-hybridized carbons (Fsp3) is 0.444. The van der Waals surface area contributed by atoms with Crippen molar-refractivity contribution in [2.75, 3.05) is 13.7 Å². The summed E-state index contributed by atoms with van der Waals surface area (Å²) in [6.45, 7) is 0.348. The van der Waals surface area contributed by atoms with E-state index in [1.807, 2.05) is 0 Å². The summed E-state index contributed by atoms with van der Waals surface area (Å²) in [5, 5.41) is 2.87. The molecule has 1 aromatic carbocycles. The van der Waals surface area contributed by atoms with Gasteiger partial charge in [-0.1, -0.05) is 12.8 Å². The van der Waals surface area contributed by atoms with Gasteiger partial charge in [0.15, 0.2) is 6.61 Å². The van der Waals surface area contributed by atoms with Gasteiger partial charge in [-0.2, -0.15) is 0 Å². The van der Waals surface area contributed by atoms with Crippen molar-refractivity contribution in [1.82, 2.24) is 14.9 Å². The summed E-state index contributed by atoms with van der Waals surface area (Å²) in [7, 11) is 1.47. The lowest BCUT2D eigenvalue weighted by Gasteiger charge is -2.16. The van der Waals surface area contributed by atoms with Crippen LogP contribution in [0.15, 0.2) is 23.0 Å². The molecule has 0 aliphatic carbocycles. The van der Waals surface area contributed by atoms with E-state index >= 15 is 0 Å². The predicted molar refractivity (Wildman–Crippen MR) is 92.5 cm³/mol. The van der Waals surface area contributed by atoms with E-state index in [9.17, 15) is 14.4 Å². The van der Waals surface area contributed by atoms with Gasteiger partial charge in [0.2, 0.25) is 0 Å². The first kappa shape index (κ1) is 17.1. The zero-order valence-electron chi connectivity index (χ0n) is 14.2. The molecule has 0 atom stereocenters. The predicted octanol–water partition coefficient (Wildman–Crippen LogP) is 1.42. The molecular formula is C18H21N3O4. The van der Waals surface area contributed by atoms with Crippen LogP contribution in [0.2, 0.25) is 0 Å². The Morgan fingerprint density at radius 2 is 2.04 bits per heavy atom. The zero-order chi connectivity index (χ0) is 17.8. The molecule has 7 nitrogen and oxygen atoms in total. The topological polar surface area (TPSA) is 90.3 Å². The number of carbonyl (C=O) groups excluding carboxylic acids is 2. The maximum Gasteiger partial charge on any atom is 0.338 e. The number of carbonyl (C=O) groups is 2. The first-order valence-electron chi connectivity index (χ1n) is 8.51. The average molecular weight is 343 g/mol. The van der Waals surface area contributed by atoms with Crippen LogP contribution in [0, 0.1) is 0 Å². The van der Waals surface area contributed by atoms with Crippen LogP contribution in [0.5, 0.6) is 0 Å². The lowest BCUT2D eigenvalue weighted by molar-refractivity contribution is -0.123. The normalized spacial score (nSPS) is 14.3. The Hall–Kier alpha value is -2.70. The molecule has 0 fully saturated rings. The Morgan fingerprint density at radius 1 is 1.24 bits per heavy atom. The Kier molecular flexibility index (Phi) is 5.11. The van der Waals surface area contributed by atoms with E-state index in [2.05, 4.69) is 10.3 Å². The molecule has 1 aliphatic heterocycles. The molecule has 1 aromatic heterocycles. The number of nitrogens with zero attached hydrogens (tertiary/aromatic N) is 2. The summed E-state index contributed by atoms with van der Waals surface area (Å²) in [6.07, 6.45) is 5.01. The third-order valence-electron chi connectivity index (χ3n) is 4.42. The molecule has 1 aliphatic rings. The fourth-order valence-corrected chi connectivity index (χ4v) is 3.01. The highest BCUT2D eigenvalue weighted by atomic mass is 16.5. The summed E-state index contributed by atoms with van der Waals surface area (Å²) in [5.41, 5.74) is 0.706. The van der Waals surface area contributed by atoms with Crippen molar-refractivity contribution in [3.8, 4) is 0 Å². The van der Waals surface area contributed by atoms with Gasteiger partial charge in [-0.15, -0.1) is 0 Å². The number of amides is 1. The Balaban J connectivity index is 1.94. The molecular weight excluding hydrogens is 322 g/mol. The summed E-state index contributed by atoms with van der Waals surface area (Å²) in [6, 6.07) is 4.70. The Bertz CT molecular complexity index is 872. The molecule has 3 rings (SSSR count). The number of likely N-dealkylation sites (N-methyl/N-ethyl adjacent to an activating group) is 1. The Morgan fingerprint density at radius 3 is 2.84 bits per heavy atom. The quantitative estimate of drug-likeness (QED) is 0.851. The van der Waals surface area contributed by atoms with Crippen LogP contribution >= 0.6 is 0 Å². The first-order valence-corrected chi connectivity index (χ1v) is 8.51. The number of rotatable bonds is 3. The molecule has 2 heterocycles. The molecule has 1 amide bonds.